The minimum atomic E-state index is 1.02. The van der Waals surface area contributed by atoms with E-state index in [2.05, 4.69) is 36.4 Å². The lowest BCUT2D eigenvalue weighted by atomic mass is 10.0. The van der Waals surface area contributed by atoms with E-state index >= 15 is 0 Å². The monoisotopic (exact) mass is 224 g/mol. The van der Waals surface area contributed by atoms with Gasteiger partial charge in [-0.05, 0) is 48.9 Å². The predicted molar refractivity (Wildman–Crippen MR) is 69.6 cm³/mol. The molecule has 0 aromatic heterocycles. The molecule has 0 spiro atoms. The second-order valence-electron chi connectivity index (χ2n) is 4.52. The quantitative estimate of drug-likeness (QED) is 0.646. The molecule has 0 saturated carbocycles. The molecule has 86 valence electrons. The number of hydrogen-bond acceptors (Lipinski definition) is 1. The molecular formula is C16H16O. The summed E-state index contributed by atoms with van der Waals surface area (Å²) in [7, 11) is 0. The molecule has 2 aromatic carbocycles. The summed E-state index contributed by atoms with van der Waals surface area (Å²) in [6.07, 6.45) is 4.69. The summed E-state index contributed by atoms with van der Waals surface area (Å²) in [6.45, 7) is 0. The van der Waals surface area contributed by atoms with Crippen LogP contribution < -0.4 is 4.74 Å². The van der Waals surface area contributed by atoms with Crippen LogP contribution in [0.2, 0.25) is 0 Å². The summed E-state index contributed by atoms with van der Waals surface area (Å²) < 4.78 is 6.06. The lowest BCUT2D eigenvalue weighted by Gasteiger charge is -2.11. The molecule has 2 aromatic rings. The van der Waals surface area contributed by atoms with Gasteiger partial charge in [0.2, 0.25) is 0 Å². The second-order valence-corrected chi connectivity index (χ2v) is 4.52. The second kappa shape index (κ2) is 4.62. The highest BCUT2D eigenvalue weighted by atomic mass is 16.5. The molecule has 1 nitrogen and oxygen atoms in total. The van der Waals surface area contributed by atoms with Gasteiger partial charge >= 0.3 is 0 Å². The average Bonchev–Trinajstić information content (AvgIpc) is 2.46. The number of ether oxygens (including phenoxy) is 1. The van der Waals surface area contributed by atoms with Crippen molar-refractivity contribution in [3.63, 3.8) is 0 Å². The molecule has 0 radical (unpaired) electrons. The molecule has 0 saturated heterocycles. The van der Waals surface area contributed by atoms with Crippen molar-refractivity contribution in [2.24, 2.45) is 0 Å². The largest absolute Gasteiger partial charge is 0.457 e. The Bertz CT molecular complexity index is 469. The Morgan fingerprint density at radius 3 is 1.65 bits per heavy atom. The van der Waals surface area contributed by atoms with Crippen LogP contribution in [0.4, 0.5) is 0 Å². The third-order valence-electron chi connectivity index (χ3n) is 3.31. The summed E-state index contributed by atoms with van der Waals surface area (Å²) in [5.41, 5.74) is 2.65. The van der Waals surface area contributed by atoms with E-state index in [1.54, 1.807) is 0 Å². The first-order chi connectivity index (χ1) is 8.43. The highest BCUT2D eigenvalue weighted by Gasteiger charge is 2.10. The van der Waals surface area contributed by atoms with Crippen molar-refractivity contribution in [1.29, 1.82) is 0 Å². The molecule has 0 N–H and O–H groups in total. The number of benzene rings is 2. The number of aryl methyl sites for hydroxylation is 2. The summed E-state index contributed by atoms with van der Waals surface area (Å²) in [5.74, 6) is 2.03. The lowest BCUT2D eigenvalue weighted by molar-refractivity contribution is 0.473. The van der Waals surface area contributed by atoms with Crippen LogP contribution >= 0.6 is 0 Å². The van der Waals surface area contributed by atoms with E-state index < -0.39 is 0 Å². The van der Waals surface area contributed by atoms with Crippen molar-refractivity contribution >= 4 is 0 Å². The molecule has 0 aliphatic carbocycles. The molecule has 3 rings (SSSR count). The Morgan fingerprint density at radius 1 is 0.647 bits per heavy atom. The third-order valence-corrected chi connectivity index (χ3v) is 3.31. The van der Waals surface area contributed by atoms with Crippen molar-refractivity contribution in [3.05, 3.63) is 59.7 Å². The van der Waals surface area contributed by atoms with Gasteiger partial charge in [0.25, 0.3) is 0 Å². The Labute approximate surface area is 102 Å². The van der Waals surface area contributed by atoms with Crippen molar-refractivity contribution in [3.8, 4) is 11.5 Å². The van der Waals surface area contributed by atoms with Crippen LogP contribution in [0.5, 0.6) is 11.5 Å². The summed E-state index contributed by atoms with van der Waals surface area (Å²) in [4.78, 5) is 0. The van der Waals surface area contributed by atoms with Crippen molar-refractivity contribution < 1.29 is 4.74 Å². The van der Waals surface area contributed by atoms with E-state index in [0.29, 0.717) is 0 Å². The van der Waals surface area contributed by atoms with E-state index in [1.165, 1.54) is 24.0 Å². The predicted octanol–water partition coefficient (Wildman–Crippen LogP) is 4.36. The molecule has 1 heterocycles. The topological polar surface area (TPSA) is 9.23 Å². The average molecular weight is 224 g/mol. The molecule has 0 atom stereocenters. The first kappa shape index (κ1) is 10.4. The fourth-order valence-electron chi connectivity index (χ4n) is 2.37. The van der Waals surface area contributed by atoms with Crippen molar-refractivity contribution in [2.75, 3.05) is 0 Å². The van der Waals surface area contributed by atoms with Gasteiger partial charge in [-0.3, -0.25) is 0 Å². The van der Waals surface area contributed by atoms with E-state index in [9.17, 15) is 0 Å². The summed E-state index contributed by atoms with van der Waals surface area (Å²) in [6, 6.07) is 16.7. The zero-order chi connectivity index (χ0) is 11.5. The van der Waals surface area contributed by atoms with Crippen LogP contribution in [0.3, 0.4) is 0 Å². The highest BCUT2D eigenvalue weighted by Crippen LogP contribution is 2.31. The zero-order valence-electron chi connectivity index (χ0n) is 9.86. The third kappa shape index (κ3) is 2.19. The number of para-hydroxylation sites is 2. The minimum absolute atomic E-state index is 1.02. The first-order valence-corrected chi connectivity index (χ1v) is 6.27. The van der Waals surface area contributed by atoms with Crippen LogP contribution in [0.25, 0.3) is 0 Å². The molecule has 0 bridgehead atoms. The molecular weight excluding hydrogens is 208 g/mol. The fraction of sp³-hybridized carbons (Fsp3) is 0.250. The van der Waals surface area contributed by atoms with Gasteiger partial charge in [0.05, 0.1) is 0 Å². The Hall–Kier alpha value is -1.76. The Balaban J connectivity index is 2.04. The van der Waals surface area contributed by atoms with Crippen molar-refractivity contribution in [2.45, 2.75) is 25.7 Å². The van der Waals surface area contributed by atoms with Gasteiger partial charge in [0.15, 0.2) is 0 Å². The van der Waals surface area contributed by atoms with Crippen LogP contribution in [-0.4, -0.2) is 0 Å². The van der Waals surface area contributed by atoms with Gasteiger partial charge in [-0.15, -0.1) is 0 Å². The van der Waals surface area contributed by atoms with Crippen LogP contribution in [-0.2, 0) is 12.8 Å². The zero-order valence-corrected chi connectivity index (χ0v) is 9.86. The van der Waals surface area contributed by atoms with E-state index in [4.69, 9.17) is 4.74 Å². The van der Waals surface area contributed by atoms with Gasteiger partial charge in [0, 0.05) is 0 Å². The SMILES string of the molecule is c1ccc2c(c1)CCCCc1ccccc1O2. The molecule has 1 aliphatic rings. The maximum Gasteiger partial charge on any atom is 0.130 e. The Morgan fingerprint density at radius 2 is 1.12 bits per heavy atom. The molecule has 1 heteroatoms. The Kier molecular flexibility index (Phi) is 2.83. The first-order valence-electron chi connectivity index (χ1n) is 6.27. The molecule has 17 heavy (non-hydrogen) atoms. The van der Waals surface area contributed by atoms with E-state index in [1.807, 2.05) is 12.1 Å². The van der Waals surface area contributed by atoms with Crippen LogP contribution in [0.15, 0.2) is 48.5 Å². The lowest BCUT2D eigenvalue weighted by Crippen LogP contribution is -1.91. The summed E-state index contributed by atoms with van der Waals surface area (Å²) in [5, 5.41) is 0. The summed E-state index contributed by atoms with van der Waals surface area (Å²) >= 11 is 0. The molecule has 0 unspecified atom stereocenters. The van der Waals surface area contributed by atoms with Gasteiger partial charge in [-0.1, -0.05) is 36.4 Å². The van der Waals surface area contributed by atoms with E-state index in [0.717, 1.165) is 24.3 Å². The van der Waals surface area contributed by atoms with Gasteiger partial charge in [-0.2, -0.15) is 0 Å². The van der Waals surface area contributed by atoms with Crippen LogP contribution in [0.1, 0.15) is 24.0 Å². The van der Waals surface area contributed by atoms with Gasteiger partial charge in [-0.25, -0.2) is 0 Å². The van der Waals surface area contributed by atoms with Crippen molar-refractivity contribution in [1.82, 2.24) is 0 Å². The van der Waals surface area contributed by atoms with E-state index in [-0.39, 0.29) is 0 Å². The minimum Gasteiger partial charge on any atom is -0.457 e. The van der Waals surface area contributed by atoms with Crippen LogP contribution in [0, 0.1) is 0 Å². The maximum absolute atomic E-state index is 6.06. The standard InChI is InChI=1S/C16H16O/c1-2-8-14-10-4-6-12-16(14)17-15-11-5-3-9-13(15)7-1/h3-6,9-12H,1-2,7-8H2. The normalized spacial score (nSPS) is 14.6. The highest BCUT2D eigenvalue weighted by molar-refractivity contribution is 5.42. The number of rotatable bonds is 0. The molecule has 1 aliphatic heterocycles. The number of hydrogen-bond donors (Lipinski definition) is 0. The van der Waals surface area contributed by atoms with Gasteiger partial charge in [0.1, 0.15) is 11.5 Å². The number of fused-ring (bicyclic) bond motifs is 2. The van der Waals surface area contributed by atoms with Gasteiger partial charge < -0.3 is 4.74 Å². The molecule has 0 amide bonds. The maximum atomic E-state index is 6.06. The smallest absolute Gasteiger partial charge is 0.130 e. The fourth-order valence-corrected chi connectivity index (χ4v) is 2.37. The molecule has 0 fully saturated rings.